The fourth-order valence-corrected chi connectivity index (χ4v) is 2.76. The third kappa shape index (κ3) is 4.68. The molecule has 0 bridgehead atoms. The number of aromatic nitrogens is 1. The molecule has 0 aromatic carbocycles. The van der Waals surface area contributed by atoms with Gasteiger partial charge in [-0.15, -0.1) is 0 Å². The molecule has 1 aromatic heterocycles. The Morgan fingerprint density at radius 2 is 1.95 bits per heavy atom. The van der Waals surface area contributed by atoms with E-state index in [4.69, 9.17) is 5.73 Å². The molecule has 2 rings (SSSR count). The van der Waals surface area contributed by atoms with Crippen LogP contribution in [-0.2, 0) is 5.41 Å². The molecule has 0 radical (unpaired) electrons. The van der Waals surface area contributed by atoms with Gasteiger partial charge in [0.05, 0.1) is 0 Å². The Bertz CT molecular complexity index is 421. The smallest absolute Gasteiger partial charge is 0.128 e. The van der Waals surface area contributed by atoms with Crippen LogP contribution < -0.4 is 10.6 Å². The van der Waals surface area contributed by atoms with Crippen LogP contribution in [0.4, 0.5) is 5.82 Å². The van der Waals surface area contributed by atoms with Gasteiger partial charge >= 0.3 is 0 Å². The Balaban J connectivity index is 1.96. The molecule has 0 saturated carbocycles. The number of hydrogen-bond donors (Lipinski definition) is 1. The SMILES string of the molecule is CC(C)(C)c1ccc(N2CCCN(CCCN)CC2)nc1. The second kappa shape index (κ2) is 7.23. The van der Waals surface area contributed by atoms with E-state index in [0.717, 1.165) is 45.0 Å². The van der Waals surface area contributed by atoms with E-state index in [1.165, 1.54) is 18.5 Å². The van der Waals surface area contributed by atoms with Crippen molar-refractivity contribution in [3.8, 4) is 0 Å². The van der Waals surface area contributed by atoms with Crippen molar-refractivity contribution in [2.24, 2.45) is 5.73 Å². The van der Waals surface area contributed by atoms with E-state index < -0.39 is 0 Å². The number of hydrogen-bond acceptors (Lipinski definition) is 4. The highest BCUT2D eigenvalue weighted by molar-refractivity contribution is 5.40. The highest BCUT2D eigenvalue weighted by atomic mass is 15.2. The summed E-state index contributed by atoms with van der Waals surface area (Å²) >= 11 is 0. The maximum Gasteiger partial charge on any atom is 0.128 e. The highest BCUT2D eigenvalue weighted by Crippen LogP contribution is 2.23. The van der Waals surface area contributed by atoms with Crippen LogP contribution in [0.3, 0.4) is 0 Å². The van der Waals surface area contributed by atoms with Crippen molar-refractivity contribution in [2.45, 2.75) is 39.0 Å². The summed E-state index contributed by atoms with van der Waals surface area (Å²) in [6.07, 6.45) is 4.33. The lowest BCUT2D eigenvalue weighted by Gasteiger charge is -2.24. The molecule has 0 atom stereocenters. The van der Waals surface area contributed by atoms with E-state index in [1.54, 1.807) is 0 Å². The average molecular weight is 290 g/mol. The maximum absolute atomic E-state index is 5.61. The van der Waals surface area contributed by atoms with E-state index in [0.29, 0.717) is 0 Å². The third-order valence-corrected chi connectivity index (χ3v) is 4.20. The molecule has 4 heteroatoms. The topological polar surface area (TPSA) is 45.4 Å². The summed E-state index contributed by atoms with van der Waals surface area (Å²) in [7, 11) is 0. The van der Waals surface area contributed by atoms with Crippen LogP contribution in [0.15, 0.2) is 18.3 Å². The fourth-order valence-electron chi connectivity index (χ4n) is 2.76. The summed E-state index contributed by atoms with van der Waals surface area (Å²) in [6.45, 7) is 13.0. The highest BCUT2D eigenvalue weighted by Gasteiger charge is 2.17. The molecular formula is C17H30N4. The molecule has 1 fully saturated rings. The van der Waals surface area contributed by atoms with Crippen molar-refractivity contribution in [3.63, 3.8) is 0 Å². The Hall–Kier alpha value is -1.13. The number of pyridine rings is 1. The number of rotatable bonds is 4. The molecule has 0 amide bonds. The van der Waals surface area contributed by atoms with E-state index in [9.17, 15) is 0 Å². The van der Waals surface area contributed by atoms with E-state index in [1.807, 2.05) is 6.20 Å². The zero-order valence-corrected chi connectivity index (χ0v) is 13.8. The van der Waals surface area contributed by atoms with Gasteiger partial charge in [-0.1, -0.05) is 26.8 Å². The van der Waals surface area contributed by atoms with Crippen molar-refractivity contribution < 1.29 is 0 Å². The van der Waals surface area contributed by atoms with Gasteiger partial charge < -0.3 is 15.5 Å². The third-order valence-electron chi connectivity index (χ3n) is 4.20. The minimum Gasteiger partial charge on any atom is -0.355 e. The monoisotopic (exact) mass is 290 g/mol. The summed E-state index contributed by atoms with van der Waals surface area (Å²) in [6, 6.07) is 4.40. The quantitative estimate of drug-likeness (QED) is 0.924. The number of nitrogens with zero attached hydrogens (tertiary/aromatic N) is 3. The molecule has 0 spiro atoms. The van der Waals surface area contributed by atoms with Gasteiger partial charge in [-0.05, 0) is 49.5 Å². The number of nitrogens with two attached hydrogens (primary N) is 1. The van der Waals surface area contributed by atoms with Crippen LogP contribution in [-0.4, -0.2) is 49.2 Å². The van der Waals surface area contributed by atoms with Gasteiger partial charge in [0.25, 0.3) is 0 Å². The molecule has 2 heterocycles. The van der Waals surface area contributed by atoms with Gasteiger partial charge in [-0.25, -0.2) is 4.98 Å². The molecule has 1 aromatic rings. The normalized spacial score (nSPS) is 17.8. The van der Waals surface area contributed by atoms with Crippen molar-refractivity contribution in [2.75, 3.05) is 44.2 Å². The molecule has 118 valence electrons. The minimum atomic E-state index is 0.170. The molecule has 21 heavy (non-hydrogen) atoms. The molecule has 2 N–H and O–H groups in total. The van der Waals surface area contributed by atoms with Crippen molar-refractivity contribution in [1.29, 1.82) is 0 Å². The summed E-state index contributed by atoms with van der Waals surface area (Å²) in [5, 5.41) is 0. The predicted molar refractivity (Wildman–Crippen MR) is 89.9 cm³/mol. The van der Waals surface area contributed by atoms with Gasteiger partial charge in [0, 0.05) is 25.8 Å². The first-order valence-electron chi connectivity index (χ1n) is 8.14. The first-order valence-corrected chi connectivity index (χ1v) is 8.14. The molecule has 0 unspecified atom stereocenters. The van der Waals surface area contributed by atoms with Crippen molar-refractivity contribution in [3.05, 3.63) is 23.9 Å². The van der Waals surface area contributed by atoms with Gasteiger partial charge in [0.2, 0.25) is 0 Å². The fraction of sp³-hybridized carbons (Fsp3) is 0.706. The molecule has 1 aliphatic rings. The largest absolute Gasteiger partial charge is 0.355 e. The van der Waals surface area contributed by atoms with Crippen molar-refractivity contribution >= 4 is 5.82 Å². The van der Waals surface area contributed by atoms with Gasteiger partial charge in [-0.2, -0.15) is 0 Å². The second-order valence-electron chi connectivity index (χ2n) is 6.98. The molecule has 0 aliphatic carbocycles. The van der Waals surface area contributed by atoms with Crippen LogP contribution in [0, 0.1) is 0 Å². The lowest BCUT2D eigenvalue weighted by molar-refractivity contribution is 0.291. The van der Waals surface area contributed by atoms with Gasteiger partial charge in [0.1, 0.15) is 5.82 Å². The van der Waals surface area contributed by atoms with Crippen molar-refractivity contribution in [1.82, 2.24) is 9.88 Å². The summed E-state index contributed by atoms with van der Waals surface area (Å²) in [4.78, 5) is 9.62. The molecule has 1 aliphatic heterocycles. The maximum atomic E-state index is 5.61. The summed E-state index contributed by atoms with van der Waals surface area (Å²) < 4.78 is 0. The first-order chi connectivity index (χ1) is 10.0. The van der Waals surface area contributed by atoms with E-state index in [-0.39, 0.29) is 5.41 Å². The number of anilines is 1. The van der Waals surface area contributed by atoms with E-state index >= 15 is 0 Å². The summed E-state index contributed by atoms with van der Waals surface area (Å²) in [5.41, 5.74) is 7.07. The average Bonchev–Trinajstić information content (AvgIpc) is 2.70. The Morgan fingerprint density at radius 1 is 1.14 bits per heavy atom. The van der Waals surface area contributed by atoms with Crippen LogP contribution >= 0.6 is 0 Å². The zero-order chi connectivity index (χ0) is 15.3. The minimum absolute atomic E-state index is 0.170. The predicted octanol–water partition coefficient (Wildman–Crippen LogP) is 2.24. The Labute approximate surface area is 129 Å². The summed E-state index contributed by atoms with van der Waals surface area (Å²) in [5.74, 6) is 1.11. The molecular weight excluding hydrogens is 260 g/mol. The van der Waals surface area contributed by atoms with Crippen LogP contribution in [0.5, 0.6) is 0 Å². The van der Waals surface area contributed by atoms with Crippen LogP contribution in [0.2, 0.25) is 0 Å². The standard InChI is InChI=1S/C17H30N4/c1-17(2,3)15-6-7-16(19-14-15)21-11-5-10-20(12-13-21)9-4-8-18/h6-7,14H,4-5,8-13,18H2,1-3H3. The Kier molecular flexibility index (Phi) is 5.59. The van der Waals surface area contributed by atoms with Crippen LogP contribution in [0.1, 0.15) is 39.2 Å². The lowest BCUT2D eigenvalue weighted by Crippen LogP contribution is -2.32. The lowest BCUT2D eigenvalue weighted by atomic mass is 9.88. The van der Waals surface area contributed by atoms with Crippen LogP contribution in [0.25, 0.3) is 0 Å². The van der Waals surface area contributed by atoms with E-state index in [2.05, 4.69) is 47.7 Å². The van der Waals surface area contributed by atoms with Gasteiger partial charge in [-0.3, -0.25) is 0 Å². The van der Waals surface area contributed by atoms with Gasteiger partial charge in [0.15, 0.2) is 0 Å². The molecule has 1 saturated heterocycles. The zero-order valence-electron chi connectivity index (χ0n) is 13.8. The molecule has 4 nitrogen and oxygen atoms in total. The second-order valence-corrected chi connectivity index (χ2v) is 6.98. The Morgan fingerprint density at radius 3 is 2.57 bits per heavy atom. The first kappa shape index (κ1) is 16.2.